The zero-order valence-corrected chi connectivity index (χ0v) is 8.83. The van der Waals surface area contributed by atoms with Crippen LogP contribution >= 0.6 is 11.6 Å². The predicted molar refractivity (Wildman–Crippen MR) is 54.6 cm³/mol. The maximum atomic E-state index is 11.4. The molecule has 0 amide bonds. The van der Waals surface area contributed by atoms with Crippen molar-refractivity contribution < 1.29 is 4.74 Å². The standard InChI is InChI=1S/C9H13ClN2O2/c1-14-7-3-2-5-12-6-4-11-8(10)9(12)13/h4,6H,2-3,5,7H2,1H3. The van der Waals surface area contributed by atoms with Crippen LogP contribution in [0, 0.1) is 0 Å². The Morgan fingerprint density at radius 3 is 3.07 bits per heavy atom. The third-order valence-corrected chi connectivity index (χ3v) is 2.13. The molecule has 0 fully saturated rings. The largest absolute Gasteiger partial charge is 0.385 e. The van der Waals surface area contributed by atoms with Crippen molar-refractivity contribution in [1.29, 1.82) is 0 Å². The number of aryl methyl sites for hydroxylation is 1. The monoisotopic (exact) mass is 216 g/mol. The van der Waals surface area contributed by atoms with E-state index >= 15 is 0 Å². The SMILES string of the molecule is COCCCCn1ccnc(Cl)c1=O. The summed E-state index contributed by atoms with van der Waals surface area (Å²) in [5, 5.41) is 0.0271. The highest BCUT2D eigenvalue weighted by Gasteiger charge is 2.00. The van der Waals surface area contributed by atoms with Gasteiger partial charge in [-0.2, -0.15) is 0 Å². The van der Waals surface area contributed by atoms with Crippen LogP contribution in [0.5, 0.6) is 0 Å². The van der Waals surface area contributed by atoms with Crippen LogP contribution < -0.4 is 5.56 Å². The van der Waals surface area contributed by atoms with Crippen molar-refractivity contribution >= 4 is 11.6 Å². The van der Waals surface area contributed by atoms with Gasteiger partial charge in [0.2, 0.25) is 0 Å². The number of nitrogens with zero attached hydrogens (tertiary/aromatic N) is 2. The first kappa shape index (κ1) is 11.2. The van der Waals surface area contributed by atoms with Crippen LogP contribution in [0.1, 0.15) is 12.8 Å². The van der Waals surface area contributed by atoms with Gasteiger partial charge in [-0.1, -0.05) is 11.6 Å². The van der Waals surface area contributed by atoms with Crippen molar-refractivity contribution in [2.45, 2.75) is 19.4 Å². The molecule has 0 saturated carbocycles. The summed E-state index contributed by atoms with van der Waals surface area (Å²) in [7, 11) is 1.66. The maximum absolute atomic E-state index is 11.4. The van der Waals surface area contributed by atoms with Crippen molar-refractivity contribution in [3.63, 3.8) is 0 Å². The van der Waals surface area contributed by atoms with E-state index in [1.54, 1.807) is 17.9 Å². The van der Waals surface area contributed by atoms with E-state index in [0.717, 1.165) is 12.8 Å². The number of aromatic nitrogens is 2. The molecule has 0 bridgehead atoms. The Balaban J connectivity index is 2.51. The lowest BCUT2D eigenvalue weighted by Gasteiger charge is -2.04. The van der Waals surface area contributed by atoms with E-state index < -0.39 is 0 Å². The first-order valence-corrected chi connectivity index (χ1v) is 4.83. The van der Waals surface area contributed by atoms with Gasteiger partial charge in [-0.25, -0.2) is 4.98 Å². The summed E-state index contributed by atoms with van der Waals surface area (Å²) in [6.07, 6.45) is 5.00. The molecule has 4 nitrogen and oxygen atoms in total. The van der Waals surface area contributed by atoms with Gasteiger partial charge in [0.15, 0.2) is 5.15 Å². The number of rotatable bonds is 5. The number of ether oxygens (including phenoxy) is 1. The normalized spacial score (nSPS) is 10.4. The fourth-order valence-electron chi connectivity index (χ4n) is 1.13. The molecule has 78 valence electrons. The number of methoxy groups -OCH3 is 1. The van der Waals surface area contributed by atoms with Crippen LogP contribution in [0.3, 0.4) is 0 Å². The molecule has 0 saturated heterocycles. The first-order chi connectivity index (χ1) is 6.75. The van der Waals surface area contributed by atoms with Crippen LogP contribution in [0.4, 0.5) is 0 Å². The number of hydrogen-bond acceptors (Lipinski definition) is 3. The van der Waals surface area contributed by atoms with Gasteiger partial charge in [-0.05, 0) is 12.8 Å². The highest BCUT2D eigenvalue weighted by Crippen LogP contribution is 1.96. The van der Waals surface area contributed by atoms with E-state index in [1.807, 2.05) is 0 Å². The second-order valence-electron chi connectivity index (χ2n) is 2.92. The Morgan fingerprint density at radius 2 is 2.36 bits per heavy atom. The van der Waals surface area contributed by atoms with Gasteiger partial charge in [0.1, 0.15) is 0 Å². The van der Waals surface area contributed by atoms with Gasteiger partial charge >= 0.3 is 0 Å². The quantitative estimate of drug-likeness (QED) is 0.698. The van der Waals surface area contributed by atoms with Crippen molar-refractivity contribution in [2.24, 2.45) is 0 Å². The highest BCUT2D eigenvalue weighted by molar-refractivity contribution is 6.29. The van der Waals surface area contributed by atoms with Gasteiger partial charge in [-0.15, -0.1) is 0 Å². The minimum Gasteiger partial charge on any atom is -0.385 e. The molecule has 1 heterocycles. The summed E-state index contributed by atoms with van der Waals surface area (Å²) in [6, 6.07) is 0. The second kappa shape index (κ2) is 5.78. The molecule has 1 aromatic heterocycles. The Hall–Kier alpha value is -0.870. The van der Waals surface area contributed by atoms with E-state index in [-0.39, 0.29) is 10.7 Å². The van der Waals surface area contributed by atoms with E-state index in [9.17, 15) is 4.79 Å². The van der Waals surface area contributed by atoms with Crippen LogP contribution in [-0.2, 0) is 11.3 Å². The molecule has 0 aromatic carbocycles. The summed E-state index contributed by atoms with van der Waals surface area (Å²) in [5.41, 5.74) is -0.230. The van der Waals surface area contributed by atoms with E-state index in [2.05, 4.69) is 4.98 Å². The zero-order valence-electron chi connectivity index (χ0n) is 8.07. The van der Waals surface area contributed by atoms with Crippen LogP contribution in [0.25, 0.3) is 0 Å². The van der Waals surface area contributed by atoms with Crippen molar-refractivity contribution in [3.05, 3.63) is 27.9 Å². The smallest absolute Gasteiger partial charge is 0.288 e. The maximum Gasteiger partial charge on any atom is 0.288 e. The fourth-order valence-corrected chi connectivity index (χ4v) is 1.29. The average Bonchev–Trinajstić information content (AvgIpc) is 2.19. The third-order valence-electron chi connectivity index (χ3n) is 1.87. The number of unbranched alkanes of at least 4 members (excludes halogenated alkanes) is 1. The first-order valence-electron chi connectivity index (χ1n) is 4.45. The highest BCUT2D eigenvalue weighted by atomic mass is 35.5. The Morgan fingerprint density at radius 1 is 1.57 bits per heavy atom. The zero-order chi connectivity index (χ0) is 10.4. The molecular formula is C9H13ClN2O2. The summed E-state index contributed by atoms with van der Waals surface area (Å²) in [5.74, 6) is 0. The van der Waals surface area contributed by atoms with E-state index in [0.29, 0.717) is 13.2 Å². The van der Waals surface area contributed by atoms with Crippen LogP contribution in [0.15, 0.2) is 17.2 Å². The average molecular weight is 217 g/mol. The van der Waals surface area contributed by atoms with Crippen LogP contribution in [0.2, 0.25) is 5.15 Å². The molecule has 5 heteroatoms. The molecular weight excluding hydrogens is 204 g/mol. The Bertz CT molecular complexity index is 338. The second-order valence-corrected chi connectivity index (χ2v) is 3.27. The lowest BCUT2D eigenvalue weighted by Crippen LogP contribution is -2.20. The van der Waals surface area contributed by atoms with Gasteiger partial charge in [-0.3, -0.25) is 4.79 Å². The van der Waals surface area contributed by atoms with Gasteiger partial charge < -0.3 is 9.30 Å². The molecule has 1 aromatic rings. The molecule has 0 radical (unpaired) electrons. The summed E-state index contributed by atoms with van der Waals surface area (Å²) >= 11 is 5.58. The molecule has 0 aliphatic carbocycles. The molecule has 0 aliphatic rings. The van der Waals surface area contributed by atoms with Gasteiger partial charge in [0.05, 0.1) is 0 Å². The number of halogens is 1. The van der Waals surface area contributed by atoms with Gasteiger partial charge in [0, 0.05) is 32.7 Å². The Kier molecular flexibility index (Phi) is 4.62. The van der Waals surface area contributed by atoms with Crippen molar-refractivity contribution in [3.8, 4) is 0 Å². The van der Waals surface area contributed by atoms with Crippen LogP contribution in [-0.4, -0.2) is 23.3 Å². The Labute approximate surface area is 87.5 Å². The minimum atomic E-state index is -0.230. The van der Waals surface area contributed by atoms with E-state index in [4.69, 9.17) is 16.3 Å². The predicted octanol–water partition coefficient (Wildman–Crippen LogP) is 1.32. The molecule has 14 heavy (non-hydrogen) atoms. The third kappa shape index (κ3) is 3.12. The van der Waals surface area contributed by atoms with Crippen molar-refractivity contribution in [2.75, 3.05) is 13.7 Å². The summed E-state index contributed by atoms with van der Waals surface area (Å²) in [6.45, 7) is 1.37. The summed E-state index contributed by atoms with van der Waals surface area (Å²) < 4.78 is 6.47. The molecule has 0 spiro atoms. The topological polar surface area (TPSA) is 44.1 Å². The molecule has 0 N–H and O–H groups in total. The van der Waals surface area contributed by atoms with Gasteiger partial charge in [0.25, 0.3) is 5.56 Å². The molecule has 0 atom stereocenters. The summed E-state index contributed by atoms with van der Waals surface area (Å²) in [4.78, 5) is 15.1. The lowest BCUT2D eigenvalue weighted by molar-refractivity contribution is 0.191. The molecule has 1 rings (SSSR count). The van der Waals surface area contributed by atoms with Crippen molar-refractivity contribution in [1.82, 2.24) is 9.55 Å². The fraction of sp³-hybridized carbons (Fsp3) is 0.556. The molecule has 0 unspecified atom stereocenters. The molecule has 0 aliphatic heterocycles. The minimum absolute atomic E-state index is 0.0271. The van der Waals surface area contributed by atoms with E-state index in [1.165, 1.54) is 6.20 Å². The number of hydrogen-bond donors (Lipinski definition) is 0. The lowest BCUT2D eigenvalue weighted by atomic mass is 10.3.